The Balaban J connectivity index is 1.24. The Bertz CT molecular complexity index is 1320. The zero-order valence-corrected chi connectivity index (χ0v) is 19.2. The lowest BCUT2D eigenvalue weighted by Gasteiger charge is -2.43. The van der Waals surface area contributed by atoms with E-state index < -0.39 is 0 Å². The minimum atomic E-state index is 0.140. The molecule has 2 heterocycles. The molecule has 32 heavy (non-hydrogen) atoms. The average molecular weight is 463 g/mol. The smallest absolute Gasteiger partial charge is 0.0948 e. The van der Waals surface area contributed by atoms with Crippen LogP contribution in [0, 0.1) is 5.41 Å². The number of aromatic nitrogens is 2. The van der Waals surface area contributed by atoms with Gasteiger partial charge in [-0.05, 0) is 66.1 Å². The number of piperidine rings is 1. The summed E-state index contributed by atoms with van der Waals surface area (Å²) < 4.78 is 1.81. The van der Waals surface area contributed by atoms with Crippen molar-refractivity contribution in [2.75, 3.05) is 18.0 Å². The predicted octanol–water partition coefficient (Wildman–Crippen LogP) is 6.18. The summed E-state index contributed by atoms with van der Waals surface area (Å²) >= 11 is 12.6. The predicted molar refractivity (Wildman–Crippen MR) is 132 cm³/mol. The van der Waals surface area contributed by atoms with Gasteiger partial charge in [-0.25, -0.2) is 4.68 Å². The summed E-state index contributed by atoms with van der Waals surface area (Å²) in [5.41, 5.74) is 12.6. The van der Waals surface area contributed by atoms with Gasteiger partial charge in [-0.3, -0.25) is 0 Å². The lowest BCUT2D eigenvalue weighted by atomic mass is 9.73. The van der Waals surface area contributed by atoms with Crippen LogP contribution in [0.25, 0.3) is 16.6 Å². The van der Waals surface area contributed by atoms with E-state index in [-0.39, 0.29) is 11.5 Å². The van der Waals surface area contributed by atoms with Gasteiger partial charge in [0.2, 0.25) is 0 Å². The molecule has 4 aromatic rings. The Morgan fingerprint density at radius 3 is 2.59 bits per heavy atom. The summed E-state index contributed by atoms with van der Waals surface area (Å²) in [5.74, 6) is 0. The number of halogens is 2. The number of anilines is 1. The topological polar surface area (TPSA) is 47.1 Å². The van der Waals surface area contributed by atoms with Crippen molar-refractivity contribution in [3.63, 3.8) is 0 Å². The summed E-state index contributed by atoms with van der Waals surface area (Å²) in [6.45, 7) is 2.02. The van der Waals surface area contributed by atoms with Crippen molar-refractivity contribution in [2.45, 2.75) is 25.3 Å². The first kappa shape index (κ1) is 20.1. The summed E-state index contributed by atoms with van der Waals surface area (Å²) in [7, 11) is 0. The standard InChI is InChI=1S/C26H24Cl2N4/c27-21-6-3-7-23(24(21)28)32-16-18-8-9-19(14-22(18)30-32)31-12-10-26(11-13-31)15-17-4-1-2-5-20(17)25(26)29/h1-9,14,16,25H,10-13,15,29H2/t25-/m1/s1. The van der Waals surface area contributed by atoms with Crippen LogP contribution in [0.1, 0.15) is 30.0 Å². The highest BCUT2D eigenvalue weighted by Crippen LogP contribution is 2.51. The van der Waals surface area contributed by atoms with E-state index in [0.717, 1.165) is 48.9 Å². The fraction of sp³-hybridized carbons (Fsp3) is 0.269. The molecule has 4 nitrogen and oxygen atoms in total. The molecule has 1 aliphatic heterocycles. The number of benzene rings is 3. The van der Waals surface area contributed by atoms with Crippen molar-refractivity contribution in [2.24, 2.45) is 11.1 Å². The molecule has 0 amide bonds. The van der Waals surface area contributed by atoms with E-state index in [0.29, 0.717) is 10.0 Å². The second-order valence-electron chi connectivity index (χ2n) is 9.09. The maximum Gasteiger partial charge on any atom is 0.0948 e. The van der Waals surface area contributed by atoms with Crippen LogP contribution in [0.3, 0.4) is 0 Å². The molecule has 0 saturated carbocycles. The number of rotatable bonds is 2. The third-order valence-corrected chi connectivity index (χ3v) is 8.19. The zero-order valence-electron chi connectivity index (χ0n) is 17.6. The van der Waals surface area contributed by atoms with E-state index in [9.17, 15) is 0 Å². The third-order valence-electron chi connectivity index (χ3n) is 7.39. The highest BCUT2D eigenvalue weighted by molar-refractivity contribution is 6.43. The molecule has 6 heteroatoms. The molecule has 1 saturated heterocycles. The number of nitrogens with two attached hydrogens (primary N) is 1. The Labute approximate surface area is 197 Å². The molecule has 0 unspecified atom stereocenters. The highest BCUT2D eigenvalue weighted by atomic mass is 35.5. The average Bonchev–Trinajstić information content (AvgIpc) is 3.35. The second kappa shape index (κ2) is 7.51. The fourth-order valence-electron chi connectivity index (χ4n) is 5.51. The molecule has 1 spiro atoms. The van der Waals surface area contributed by atoms with Crippen molar-refractivity contribution in [3.05, 3.63) is 88.0 Å². The monoisotopic (exact) mass is 462 g/mol. The van der Waals surface area contributed by atoms with Gasteiger partial charge in [0.25, 0.3) is 0 Å². The summed E-state index contributed by atoms with van der Waals surface area (Å²) in [6.07, 6.45) is 5.31. The first-order valence-corrected chi connectivity index (χ1v) is 11.8. The first-order valence-electron chi connectivity index (χ1n) is 11.1. The van der Waals surface area contributed by atoms with Crippen molar-refractivity contribution >= 4 is 39.8 Å². The minimum Gasteiger partial charge on any atom is -0.371 e. The molecule has 2 aliphatic rings. The van der Waals surface area contributed by atoms with Crippen LogP contribution in [-0.4, -0.2) is 22.9 Å². The molecule has 1 fully saturated rings. The van der Waals surface area contributed by atoms with E-state index in [1.807, 2.05) is 23.0 Å². The molecule has 1 atom stereocenters. The van der Waals surface area contributed by atoms with Crippen molar-refractivity contribution in [1.82, 2.24) is 9.78 Å². The van der Waals surface area contributed by atoms with Gasteiger partial charge >= 0.3 is 0 Å². The largest absolute Gasteiger partial charge is 0.371 e. The third kappa shape index (κ3) is 3.13. The number of hydrogen-bond acceptors (Lipinski definition) is 3. The van der Waals surface area contributed by atoms with Gasteiger partial charge in [-0.2, -0.15) is 5.10 Å². The van der Waals surface area contributed by atoms with Crippen molar-refractivity contribution in [3.8, 4) is 5.69 Å². The van der Waals surface area contributed by atoms with Gasteiger partial charge < -0.3 is 10.6 Å². The molecule has 6 rings (SSSR count). The van der Waals surface area contributed by atoms with E-state index >= 15 is 0 Å². The summed E-state index contributed by atoms with van der Waals surface area (Å²) in [6, 6.07) is 20.9. The molecule has 1 aromatic heterocycles. The minimum absolute atomic E-state index is 0.140. The van der Waals surface area contributed by atoms with Crippen LogP contribution in [0.5, 0.6) is 0 Å². The number of nitrogens with zero attached hydrogens (tertiary/aromatic N) is 3. The van der Waals surface area contributed by atoms with Gasteiger partial charge in [-0.15, -0.1) is 0 Å². The van der Waals surface area contributed by atoms with Crippen LogP contribution < -0.4 is 10.6 Å². The van der Waals surface area contributed by atoms with Crippen LogP contribution in [0.4, 0.5) is 5.69 Å². The SMILES string of the molecule is N[C@@H]1c2ccccc2CC12CCN(c1ccc3cn(-c4cccc(Cl)c4Cl)nc3c1)CC2. The van der Waals surface area contributed by atoms with Gasteiger partial charge in [0.05, 0.1) is 21.2 Å². The van der Waals surface area contributed by atoms with Crippen LogP contribution in [0.2, 0.25) is 10.0 Å². The molecule has 0 radical (unpaired) electrons. The molecular weight excluding hydrogens is 439 g/mol. The van der Waals surface area contributed by atoms with Gasteiger partial charge in [0.15, 0.2) is 0 Å². The number of fused-ring (bicyclic) bond motifs is 2. The fourth-order valence-corrected chi connectivity index (χ4v) is 5.89. The summed E-state index contributed by atoms with van der Waals surface area (Å²) in [5, 5.41) is 6.89. The Morgan fingerprint density at radius 1 is 0.969 bits per heavy atom. The second-order valence-corrected chi connectivity index (χ2v) is 9.88. The highest BCUT2D eigenvalue weighted by Gasteiger charge is 2.45. The molecule has 1 aliphatic carbocycles. The van der Waals surface area contributed by atoms with E-state index in [2.05, 4.69) is 47.4 Å². The van der Waals surface area contributed by atoms with E-state index in [4.69, 9.17) is 34.0 Å². The zero-order chi connectivity index (χ0) is 21.9. The van der Waals surface area contributed by atoms with E-state index in [1.54, 1.807) is 6.07 Å². The van der Waals surface area contributed by atoms with E-state index in [1.165, 1.54) is 16.8 Å². The van der Waals surface area contributed by atoms with Gasteiger partial charge in [0, 0.05) is 36.4 Å². The van der Waals surface area contributed by atoms with Crippen LogP contribution in [-0.2, 0) is 6.42 Å². The Kier molecular flexibility index (Phi) is 4.72. The molecule has 162 valence electrons. The normalized spacial score (nSPS) is 19.6. The number of hydrogen-bond donors (Lipinski definition) is 1. The maximum absolute atomic E-state index is 6.74. The maximum atomic E-state index is 6.74. The first-order chi connectivity index (χ1) is 15.5. The Morgan fingerprint density at radius 2 is 1.78 bits per heavy atom. The van der Waals surface area contributed by atoms with Crippen molar-refractivity contribution < 1.29 is 0 Å². The lowest BCUT2D eigenvalue weighted by Crippen LogP contribution is -2.44. The van der Waals surface area contributed by atoms with Crippen molar-refractivity contribution in [1.29, 1.82) is 0 Å². The molecule has 3 aromatic carbocycles. The van der Waals surface area contributed by atoms with Crippen LogP contribution in [0.15, 0.2) is 66.9 Å². The molecule has 0 bridgehead atoms. The quantitative estimate of drug-likeness (QED) is 0.387. The molecule has 2 N–H and O–H groups in total. The van der Waals surface area contributed by atoms with Crippen LogP contribution >= 0.6 is 23.2 Å². The Hall–Kier alpha value is -2.53. The lowest BCUT2D eigenvalue weighted by molar-refractivity contribution is 0.188. The molecular formula is C26H24Cl2N4. The summed E-state index contributed by atoms with van der Waals surface area (Å²) in [4.78, 5) is 2.46. The van der Waals surface area contributed by atoms with Gasteiger partial charge in [0.1, 0.15) is 0 Å². The van der Waals surface area contributed by atoms with Gasteiger partial charge in [-0.1, -0.05) is 53.5 Å².